The number of hydrogen-bond donors (Lipinski definition) is 3. The quantitative estimate of drug-likeness (QED) is 0.227. The van der Waals surface area contributed by atoms with E-state index < -0.39 is 0 Å². The molecule has 0 radical (unpaired) electrons. The van der Waals surface area contributed by atoms with Crippen LogP contribution in [0.15, 0.2) is 102 Å². The maximum absolute atomic E-state index is 13.0. The van der Waals surface area contributed by atoms with E-state index in [1.54, 1.807) is 36.5 Å². The maximum Gasteiger partial charge on any atom is 0.323 e. The first kappa shape index (κ1) is 26.9. The number of imidazole rings is 1. The Morgan fingerprint density at radius 1 is 0.886 bits per heavy atom. The molecule has 4 N–H and O–H groups in total. The van der Waals surface area contributed by atoms with Gasteiger partial charge in [-0.25, -0.2) is 19.9 Å². The van der Waals surface area contributed by atoms with Crippen molar-refractivity contribution < 1.29 is 4.79 Å². The minimum Gasteiger partial charge on any atom is -0.383 e. The molecule has 0 spiro atoms. The lowest BCUT2D eigenvalue weighted by molar-refractivity contribution is 0.102. The van der Waals surface area contributed by atoms with Gasteiger partial charge < -0.3 is 11.1 Å². The first-order chi connectivity index (χ1) is 21.4. The van der Waals surface area contributed by atoms with Crippen molar-refractivity contribution in [3.8, 4) is 39.7 Å². The van der Waals surface area contributed by atoms with Gasteiger partial charge in [-0.3, -0.25) is 19.1 Å². The molecule has 12 heteroatoms. The highest BCUT2D eigenvalue weighted by Gasteiger charge is 2.21. The Hall–Kier alpha value is -6.01. The van der Waals surface area contributed by atoms with Crippen molar-refractivity contribution in [2.24, 2.45) is 0 Å². The number of pyridine rings is 3. The Balaban J connectivity index is 1.26. The number of rotatable bonds is 6. The molecule has 0 aliphatic heterocycles. The molecular weight excluding hydrogens is 574 g/mol. The van der Waals surface area contributed by atoms with E-state index in [9.17, 15) is 9.59 Å². The molecule has 0 saturated heterocycles. The number of nitrogens with two attached hydrogens (primary N) is 1. The number of anilines is 2. The molecule has 5 heterocycles. The van der Waals surface area contributed by atoms with Crippen LogP contribution in [-0.4, -0.2) is 39.8 Å². The topological polar surface area (TPSA) is 157 Å². The summed E-state index contributed by atoms with van der Waals surface area (Å²) in [5, 5.41) is 2.87. The van der Waals surface area contributed by atoms with Crippen molar-refractivity contribution >= 4 is 40.2 Å². The van der Waals surface area contributed by atoms with E-state index in [4.69, 9.17) is 20.7 Å². The van der Waals surface area contributed by atoms with Crippen molar-refractivity contribution in [1.29, 1.82) is 0 Å². The molecule has 7 aromatic rings. The van der Waals surface area contributed by atoms with Crippen molar-refractivity contribution in [3.05, 3.63) is 118 Å². The Bertz CT molecular complexity index is 2220. The smallest absolute Gasteiger partial charge is 0.323 e. The highest BCUT2D eigenvalue weighted by Crippen LogP contribution is 2.33. The first-order valence-electron chi connectivity index (χ1n) is 13.6. The molecule has 0 aliphatic carbocycles. The van der Waals surface area contributed by atoms with E-state index >= 15 is 0 Å². The van der Waals surface area contributed by atoms with Crippen LogP contribution < -0.4 is 15.9 Å². The van der Waals surface area contributed by atoms with Crippen LogP contribution in [-0.2, 0) is 0 Å². The number of nitrogens with zero attached hydrogens (tertiary/aromatic N) is 6. The van der Waals surface area contributed by atoms with E-state index in [2.05, 4.69) is 19.7 Å². The summed E-state index contributed by atoms with van der Waals surface area (Å²) >= 11 is 0.846. The number of carbonyl (C=O) groups is 1. The summed E-state index contributed by atoms with van der Waals surface area (Å²) in [6.07, 6.45) is 1.63. The highest BCUT2D eigenvalue weighted by molar-refractivity contribution is 7.03. The molecule has 0 atom stereocenters. The molecule has 0 unspecified atom stereocenters. The minimum atomic E-state index is -0.325. The van der Waals surface area contributed by atoms with Gasteiger partial charge >= 0.3 is 4.87 Å². The average molecular weight is 598 g/mol. The van der Waals surface area contributed by atoms with Crippen molar-refractivity contribution in [2.45, 2.75) is 6.92 Å². The van der Waals surface area contributed by atoms with E-state index in [1.165, 1.54) is 0 Å². The Morgan fingerprint density at radius 3 is 2.43 bits per heavy atom. The Labute approximate surface area is 254 Å². The normalized spacial score (nSPS) is 11.1. The molecule has 0 saturated carbocycles. The Morgan fingerprint density at radius 2 is 1.70 bits per heavy atom. The second-order valence-corrected chi connectivity index (χ2v) is 10.6. The van der Waals surface area contributed by atoms with Crippen LogP contribution in [0.1, 0.15) is 16.1 Å². The molecule has 44 heavy (non-hydrogen) atoms. The van der Waals surface area contributed by atoms with Gasteiger partial charge in [0.1, 0.15) is 17.2 Å². The molecule has 2 aromatic carbocycles. The molecule has 214 valence electrons. The number of aryl methyl sites for hydroxylation is 1. The average Bonchev–Trinajstić information content (AvgIpc) is 3.65. The predicted octanol–water partition coefficient (Wildman–Crippen LogP) is 5.50. The summed E-state index contributed by atoms with van der Waals surface area (Å²) in [6, 6.07) is 27.9. The zero-order chi connectivity index (χ0) is 30.2. The summed E-state index contributed by atoms with van der Waals surface area (Å²) < 4.78 is 6.00. The van der Waals surface area contributed by atoms with Gasteiger partial charge in [0.15, 0.2) is 17.3 Å². The molecule has 1 amide bonds. The van der Waals surface area contributed by atoms with Gasteiger partial charge in [0.2, 0.25) is 0 Å². The van der Waals surface area contributed by atoms with Crippen LogP contribution >= 0.6 is 11.5 Å². The molecule has 7 rings (SSSR count). The number of aromatic amines is 1. The van der Waals surface area contributed by atoms with Gasteiger partial charge in [-0.05, 0) is 55.5 Å². The second-order valence-electron chi connectivity index (χ2n) is 9.89. The molecule has 11 nitrogen and oxygen atoms in total. The van der Waals surface area contributed by atoms with Crippen LogP contribution in [0, 0.1) is 6.92 Å². The van der Waals surface area contributed by atoms with Gasteiger partial charge in [-0.1, -0.05) is 42.5 Å². The lowest BCUT2D eigenvalue weighted by atomic mass is 10.1. The third kappa shape index (κ3) is 4.99. The number of amides is 1. The lowest BCUT2D eigenvalue weighted by Crippen LogP contribution is -2.14. The second kappa shape index (κ2) is 11.0. The number of aromatic nitrogens is 7. The monoisotopic (exact) mass is 597 g/mol. The number of nitrogens with one attached hydrogen (secondary N) is 2. The van der Waals surface area contributed by atoms with Gasteiger partial charge in [0, 0.05) is 34.4 Å². The third-order valence-corrected chi connectivity index (χ3v) is 7.60. The van der Waals surface area contributed by atoms with Crippen LogP contribution in [0.4, 0.5) is 11.6 Å². The number of carbonyl (C=O) groups excluding carboxylic acids is 1. The standard InChI is InChI=1S/C32H23N9O2S/c1-18-25(15-16-26(35-18)38-31(42)21-11-9-20(10-12-21)28-39-32(43)44-40-28)41-29(22-8-5-17-34-27(22)33)37-24-14-13-23(36-30(24)41)19-6-3-2-4-7-19/h2-17H,1H3,(H2,33,34)(H,35,38,42)(H,39,40,43). The number of fused-ring (bicyclic) bond motifs is 1. The predicted molar refractivity (Wildman–Crippen MR) is 171 cm³/mol. The molecule has 5 aromatic heterocycles. The van der Waals surface area contributed by atoms with Gasteiger partial charge in [0.25, 0.3) is 5.91 Å². The zero-order valence-corrected chi connectivity index (χ0v) is 24.0. The fourth-order valence-electron chi connectivity index (χ4n) is 4.92. The largest absolute Gasteiger partial charge is 0.383 e. The van der Waals surface area contributed by atoms with Crippen molar-refractivity contribution in [2.75, 3.05) is 11.1 Å². The lowest BCUT2D eigenvalue weighted by Gasteiger charge is -2.14. The summed E-state index contributed by atoms with van der Waals surface area (Å²) in [5.41, 5.74) is 12.6. The van der Waals surface area contributed by atoms with E-state index in [0.29, 0.717) is 56.8 Å². The number of hydrogen-bond acceptors (Lipinski definition) is 9. The fraction of sp³-hybridized carbons (Fsp3) is 0.0312. The van der Waals surface area contributed by atoms with Crippen molar-refractivity contribution in [1.82, 2.24) is 33.9 Å². The third-order valence-electron chi connectivity index (χ3n) is 7.05. The SMILES string of the molecule is Cc1nc(NC(=O)c2ccc(-c3nsc(=O)[nH]3)cc2)ccc1-n1c(-c2cccnc2N)nc2ccc(-c3ccccc3)nc21. The van der Waals surface area contributed by atoms with Crippen LogP contribution in [0.5, 0.6) is 0 Å². The van der Waals surface area contributed by atoms with E-state index in [1.807, 2.05) is 72.2 Å². The highest BCUT2D eigenvalue weighted by atomic mass is 32.1. The minimum absolute atomic E-state index is 0.237. The Kier molecular flexibility index (Phi) is 6.72. The van der Waals surface area contributed by atoms with Gasteiger partial charge in [-0.15, -0.1) is 0 Å². The number of benzene rings is 2. The van der Waals surface area contributed by atoms with Crippen LogP contribution in [0.25, 0.3) is 50.9 Å². The molecule has 0 fully saturated rings. The fourth-order valence-corrected chi connectivity index (χ4v) is 5.39. The summed E-state index contributed by atoms with van der Waals surface area (Å²) in [5.74, 6) is 1.44. The van der Waals surface area contributed by atoms with Crippen LogP contribution in [0.3, 0.4) is 0 Å². The first-order valence-corrected chi connectivity index (χ1v) is 14.3. The molecular formula is C32H23N9O2S. The summed E-state index contributed by atoms with van der Waals surface area (Å²) in [7, 11) is 0. The van der Waals surface area contributed by atoms with E-state index in [-0.39, 0.29) is 10.8 Å². The summed E-state index contributed by atoms with van der Waals surface area (Å²) in [4.78, 5) is 45.8. The van der Waals surface area contributed by atoms with E-state index in [0.717, 1.165) is 28.5 Å². The number of H-pyrrole nitrogens is 1. The van der Waals surface area contributed by atoms with Gasteiger partial charge in [-0.2, -0.15) is 4.37 Å². The van der Waals surface area contributed by atoms with Gasteiger partial charge in [0.05, 0.1) is 22.6 Å². The summed E-state index contributed by atoms with van der Waals surface area (Å²) in [6.45, 7) is 1.86. The zero-order valence-electron chi connectivity index (χ0n) is 23.2. The van der Waals surface area contributed by atoms with Crippen molar-refractivity contribution in [3.63, 3.8) is 0 Å². The number of nitrogen functional groups attached to an aromatic ring is 1. The molecule has 0 bridgehead atoms. The van der Waals surface area contributed by atoms with Crippen LogP contribution in [0.2, 0.25) is 0 Å². The maximum atomic E-state index is 13.0. The molecule has 0 aliphatic rings.